The molecule has 3 nitrogen and oxygen atoms in total. The summed E-state index contributed by atoms with van der Waals surface area (Å²) >= 11 is 0. The first-order chi connectivity index (χ1) is 13.7. The van der Waals surface area contributed by atoms with Crippen LogP contribution in [0.3, 0.4) is 0 Å². The molecule has 1 atom stereocenters. The molecule has 0 bridgehead atoms. The van der Waals surface area contributed by atoms with Crippen LogP contribution in [0, 0.1) is 5.82 Å². The molecule has 1 amide bonds. The Morgan fingerprint density at radius 1 is 0.857 bits per heavy atom. The van der Waals surface area contributed by atoms with Crippen molar-refractivity contribution in [1.82, 2.24) is 9.47 Å². The summed E-state index contributed by atoms with van der Waals surface area (Å²) in [5.41, 5.74) is 2.11. The molecule has 138 valence electrons. The molecule has 5 rings (SSSR count). The molecule has 2 heterocycles. The number of carbonyl (C=O) groups is 1. The molecule has 1 aromatic heterocycles. The highest BCUT2D eigenvalue weighted by molar-refractivity contribution is 6.07. The summed E-state index contributed by atoms with van der Waals surface area (Å²) in [6.45, 7) is 1.23. The maximum absolute atomic E-state index is 14.7. The minimum Gasteiger partial charge on any atom is -0.348 e. The topological polar surface area (TPSA) is 25.2 Å². The second kappa shape index (κ2) is 6.64. The average molecular weight is 370 g/mol. The van der Waals surface area contributed by atoms with Crippen LogP contribution in [0.25, 0.3) is 10.8 Å². The fourth-order valence-electron chi connectivity index (χ4n) is 4.19. The number of fused-ring (bicyclic) bond motifs is 2. The summed E-state index contributed by atoms with van der Waals surface area (Å²) in [7, 11) is 0. The van der Waals surface area contributed by atoms with E-state index in [2.05, 4.69) is 4.57 Å². The monoisotopic (exact) mass is 370 g/mol. The van der Waals surface area contributed by atoms with Gasteiger partial charge in [-0.2, -0.15) is 0 Å². The number of aromatic nitrogens is 1. The summed E-state index contributed by atoms with van der Waals surface area (Å²) in [6.07, 6.45) is 1.99. The average Bonchev–Trinajstić information content (AvgIpc) is 3.21. The fraction of sp³-hybridized carbons (Fsp3) is 0.125. The Morgan fingerprint density at radius 3 is 2.54 bits per heavy atom. The third kappa shape index (κ3) is 2.61. The van der Waals surface area contributed by atoms with Gasteiger partial charge in [-0.3, -0.25) is 4.79 Å². The maximum atomic E-state index is 14.7. The van der Waals surface area contributed by atoms with Crippen LogP contribution in [-0.2, 0) is 6.54 Å². The van der Waals surface area contributed by atoms with E-state index in [0.717, 1.165) is 16.5 Å². The Kier molecular flexibility index (Phi) is 3.97. The molecule has 4 aromatic rings. The molecule has 0 fully saturated rings. The van der Waals surface area contributed by atoms with Crippen LogP contribution < -0.4 is 0 Å². The summed E-state index contributed by atoms with van der Waals surface area (Å²) < 4.78 is 16.8. The van der Waals surface area contributed by atoms with E-state index in [1.54, 1.807) is 17.0 Å². The van der Waals surface area contributed by atoms with Crippen molar-refractivity contribution >= 4 is 16.7 Å². The first-order valence-corrected chi connectivity index (χ1v) is 9.42. The van der Waals surface area contributed by atoms with Gasteiger partial charge in [0.1, 0.15) is 11.9 Å². The van der Waals surface area contributed by atoms with Crippen LogP contribution in [0.5, 0.6) is 0 Å². The lowest BCUT2D eigenvalue weighted by Crippen LogP contribution is -2.42. The van der Waals surface area contributed by atoms with Crippen molar-refractivity contribution in [3.05, 3.63) is 108 Å². The van der Waals surface area contributed by atoms with Crippen molar-refractivity contribution in [2.24, 2.45) is 0 Å². The number of nitrogens with zero attached hydrogens (tertiary/aromatic N) is 2. The molecule has 1 aliphatic heterocycles. The summed E-state index contributed by atoms with van der Waals surface area (Å²) in [6, 6.07) is 23.8. The molecule has 0 saturated carbocycles. The molecule has 3 aromatic carbocycles. The van der Waals surface area contributed by atoms with E-state index in [1.807, 2.05) is 66.9 Å². The van der Waals surface area contributed by atoms with Gasteiger partial charge < -0.3 is 9.47 Å². The predicted molar refractivity (Wildman–Crippen MR) is 108 cm³/mol. The van der Waals surface area contributed by atoms with Crippen molar-refractivity contribution in [2.45, 2.75) is 12.6 Å². The smallest absolute Gasteiger partial charge is 0.255 e. The Labute approximate surface area is 162 Å². The number of benzene rings is 3. The van der Waals surface area contributed by atoms with Crippen molar-refractivity contribution in [3.63, 3.8) is 0 Å². The summed E-state index contributed by atoms with van der Waals surface area (Å²) in [4.78, 5) is 15.4. The van der Waals surface area contributed by atoms with Gasteiger partial charge >= 0.3 is 0 Å². The van der Waals surface area contributed by atoms with E-state index in [4.69, 9.17) is 0 Å². The maximum Gasteiger partial charge on any atom is 0.255 e. The van der Waals surface area contributed by atoms with Crippen molar-refractivity contribution in [2.75, 3.05) is 6.54 Å². The highest BCUT2D eigenvalue weighted by Gasteiger charge is 2.34. The van der Waals surface area contributed by atoms with Gasteiger partial charge in [-0.05, 0) is 35.0 Å². The van der Waals surface area contributed by atoms with Gasteiger partial charge in [0, 0.05) is 36.1 Å². The molecular weight excluding hydrogens is 351 g/mol. The molecule has 0 N–H and O–H groups in total. The van der Waals surface area contributed by atoms with Gasteiger partial charge in [0.05, 0.1) is 0 Å². The molecule has 28 heavy (non-hydrogen) atoms. The molecule has 0 spiro atoms. The molecule has 0 radical (unpaired) electrons. The summed E-state index contributed by atoms with van der Waals surface area (Å²) in [5, 5.41) is 1.94. The van der Waals surface area contributed by atoms with Crippen molar-refractivity contribution in [1.29, 1.82) is 0 Å². The molecular formula is C24H19FN2O. The fourth-order valence-corrected chi connectivity index (χ4v) is 4.19. The number of halogens is 1. The normalized spacial score (nSPS) is 16.2. The third-order valence-corrected chi connectivity index (χ3v) is 5.52. The van der Waals surface area contributed by atoms with Crippen LogP contribution in [0.1, 0.15) is 27.7 Å². The van der Waals surface area contributed by atoms with Crippen LogP contribution in [0.4, 0.5) is 4.39 Å². The van der Waals surface area contributed by atoms with E-state index in [0.29, 0.717) is 24.2 Å². The second-order valence-electron chi connectivity index (χ2n) is 7.08. The number of amides is 1. The zero-order valence-corrected chi connectivity index (χ0v) is 15.3. The standard InChI is InChI=1S/C24H19FN2O/c25-21-12-4-3-10-20(21)23-22-13-6-14-26(22)15-16-27(23)24(28)19-11-5-8-17-7-1-2-9-18(17)19/h1-14,23H,15-16H2. The highest BCUT2D eigenvalue weighted by atomic mass is 19.1. The number of carbonyl (C=O) groups excluding carboxylic acids is 1. The van der Waals surface area contributed by atoms with Crippen LogP contribution in [0.15, 0.2) is 85.1 Å². The number of hydrogen-bond acceptors (Lipinski definition) is 1. The highest BCUT2D eigenvalue weighted by Crippen LogP contribution is 2.35. The van der Waals surface area contributed by atoms with Gasteiger partial charge in [0.15, 0.2) is 0 Å². The lowest BCUT2D eigenvalue weighted by Gasteiger charge is -2.37. The molecule has 0 aliphatic carbocycles. The Balaban J connectivity index is 1.65. The summed E-state index contributed by atoms with van der Waals surface area (Å²) in [5.74, 6) is -0.365. The van der Waals surface area contributed by atoms with E-state index in [1.165, 1.54) is 6.07 Å². The largest absolute Gasteiger partial charge is 0.348 e. The van der Waals surface area contributed by atoms with E-state index in [9.17, 15) is 9.18 Å². The predicted octanol–water partition coefficient (Wildman–Crippen LogP) is 5.03. The minimum absolute atomic E-state index is 0.0718. The van der Waals surface area contributed by atoms with Crippen LogP contribution in [0.2, 0.25) is 0 Å². The quantitative estimate of drug-likeness (QED) is 0.486. The van der Waals surface area contributed by atoms with Gasteiger partial charge in [-0.25, -0.2) is 4.39 Å². The second-order valence-corrected chi connectivity index (χ2v) is 7.08. The minimum atomic E-state index is -0.448. The lowest BCUT2D eigenvalue weighted by molar-refractivity contribution is 0.0663. The van der Waals surface area contributed by atoms with Gasteiger partial charge in [0.2, 0.25) is 0 Å². The molecule has 1 unspecified atom stereocenters. The van der Waals surface area contributed by atoms with Crippen molar-refractivity contribution < 1.29 is 9.18 Å². The molecule has 0 saturated heterocycles. The first-order valence-electron chi connectivity index (χ1n) is 9.42. The van der Waals surface area contributed by atoms with Crippen molar-refractivity contribution in [3.8, 4) is 0 Å². The zero-order valence-electron chi connectivity index (χ0n) is 15.3. The number of hydrogen-bond donors (Lipinski definition) is 0. The Bertz CT molecular complexity index is 1170. The number of rotatable bonds is 2. The van der Waals surface area contributed by atoms with E-state index in [-0.39, 0.29) is 11.7 Å². The zero-order chi connectivity index (χ0) is 19.1. The van der Waals surface area contributed by atoms with E-state index < -0.39 is 6.04 Å². The van der Waals surface area contributed by atoms with Gasteiger partial charge in [0.25, 0.3) is 5.91 Å². The lowest BCUT2D eigenvalue weighted by atomic mass is 9.97. The first kappa shape index (κ1) is 16.8. The van der Waals surface area contributed by atoms with Crippen LogP contribution in [-0.4, -0.2) is 21.9 Å². The Morgan fingerprint density at radius 2 is 1.64 bits per heavy atom. The van der Waals surface area contributed by atoms with Gasteiger partial charge in [-0.1, -0.05) is 54.6 Å². The van der Waals surface area contributed by atoms with Crippen LogP contribution >= 0.6 is 0 Å². The Hall–Kier alpha value is -3.40. The molecule has 4 heteroatoms. The van der Waals surface area contributed by atoms with E-state index >= 15 is 0 Å². The third-order valence-electron chi connectivity index (χ3n) is 5.52. The molecule has 1 aliphatic rings. The SMILES string of the molecule is O=C(c1cccc2ccccc12)N1CCn2cccc2C1c1ccccc1F. The van der Waals surface area contributed by atoms with Gasteiger partial charge in [-0.15, -0.1) is 0 Å².